The number of aliphatic hydroxyl groups is 1. The molecule has 1 aliphatic carbocycles. The maximum absolute atomic E-state index is 11.9. The van der Waals surface area contributed by atoms with Gasteiger partial charge in [-0.2, -0.15) is 0 Å². The van der Waals surface area contributed by atoms with E-state index in [0.29, 0.717) is 17.4 Å². The van der Waals surface area contributed by atoms with Crippen LogP contribution in [0.3, 0.4) is 0 Å². The van der Waals surface area contributed by atoms with Crippen LogP contribution in [0.5, 0.6) is 0 Å². The summed E-state index contributed by atoms with van der Waals surface area (Å²) in [5, 5.41) is 9.63. The fourth-order valence-corrected chi connectivity index (χ4v) is 3.68. The van der Waals surface area contributed by atoms with E-state index in [9.17, 15) is 9.32 Å². The van der Waals surface area contributed by atoms with Crippen molar-refractivity contribution in [2.24, 2.45) is 5.92 Å². The monoisotopic (exact) mass is 256 g/mol. The topological polar surface area (TPSA) is 37.3 Å². The molecule has 2 atom stereocenters. The highest BCUT2D eigenvalue weighted by molar-refractivity contribution is 7.85. The molecular weight excluding hydrogens is 232 g/mol. The number of rotatable bonds is 5. The van der Waals surface area contributed by atoms with Gasteiger partial charge in [-0.25, -0.2) is 0 Å². The number of hydrogen-bond acceptors (Lipinski definition) is 2. The molecule has 1 rings (SSSR count). The molecule has 0 spiro atoms. The lowest BCUT2D eigenvalue weighted by molar-refractivity contribution is 0.106. The van der Waals surface area contributed by atoms with Gasteiger partial charge in [0.05, 0.1) is 11.4 Å². The summed E-state index contributed by atoms with van der Waals surface area (Å²) in [4.78, 5) is 0. The molecule has 0 radical (unpaired) electrons. The zero-order chi connectivity index (χ0) is 13.1. The van der Waals surface area contributed by atoms with Crippen LogP contribution in [-0.2, 0) is 10.8 Å². The average molecular weight is 256 g/mol. The Hall–Kier alpha value is -0.410. The van der Waals surface area contributed by atoms with E-state index >= 15 is 0 Å². The summed E-state index contributed by atoms with van der Waals surface area (Å²) in [6.45, 7) is 7.69. The summed E-state index contributed by atoms with van der Waals surface area (Å²) in [6.07, 6.45) is 6.54. The van der Waals surface area contributed by atoms with Crippen molar-refractivity contribution < 1.29 is 9.32 Å². The van der Waals surface area contributed by atoms with E-state index in [0.717, 1.165) is 12.8 Å². The van der Waals surface area contributed by atoms with Crippen LogP contribution in [0.2, 0.25) is 0 Å². The van der Waals surface area contributed by atoms with Gasteiger partial charge in [-0.1, -0.05) is 30.2 Å². The summed E-state index contributed by atoms with van der Waals surface area (Å²) in [6, 6.07) is 0. The van der Waals surface area contributed by atoms with E-state index in [4.69, 9.17) is 0 Å². The predicted octanol–water partition coefficient (Wildman–Crippen LogP) is 2.81. The molecule has 0 saturated carbocycles. The predicted molar refractivity (Wildman–Crippen MR) is 74.4 cm³/mol. The average Bonchev–Trinajstić information content (AvgIpc) is 2.15. The Labute approximate surface area is 107 Å². The van der Waals surface area contributed by atoms with Crippen molar-refractivity contribution in [2.45, 2.75) is 46.1 Å². The Bertz CT molecular complexity index is 348. The van der Waals surface area contributed by atoms with Gasteiger partial charge < -0.3 is 5.11 Å². The normalized spacial score (nSPS) is 20.5. The first-order chi connectivity index (χ1) is 7.78. The molecule has 0 aromatic heterocycles. The second-order valence-electron chi connectivity index (χ2n) is 5.72. The third-order valence-electron chi connectivity index (χ3n) is 2.97. The molecule has 0 amide bonds. The zero-order valence-electron chi connectivity index (χ0n) is 11.3. The van der Waals surface area contributed by atoms with Crippen LogP contribution < -0.4 is 0 Å². The van der Waals surface area contributed by atoms with Gasteiger partial charge in [-0.3, -0.25) is 4.21 Å². The van der Waals surface area contributed by atoms with E-state index in [-0.39, 0.29) is 0 Å². The highest BCUT2D eigenvalue weighted by Gasteiger charge is 2.20. The van der Waals surface area contributed by atoms with Gasteiger partial charge in [0.25, 0.3) is 0 Å². The van der Waals surface area contributed by atoms with E-state index in [1.807, 2.05) is 0 Å². The number of hydrogen-bond donors (Lipinski definition) is 1. The molecule has 0 aromatic rings. The van der Waals surface area contributed by atoms with Crippen LogP contribution in [-0.4, -0.2) is 26.4 Å². The van der Waals surface area contributed by atoms with Gasteiger partial charge >= 0.3 is 0 Å². The van der Waals surface area contributed by atoms with Crippen LogP contribution in [0.25, 0.3) is 0 Å². The van der Waals surface area contributed by atoms with Gasteiger partial charge in [0.1, 0.15) is 0 Å². The van der Waals surface area contributed by atoms with Crippen LogP contribution in [0.15, 0.2) is 23.3 Å². The van der Waals surface area contributed by atoms with Crippen LogP contribution in [0.1, 0.15) is 40.5 Å². The Morgan fingerprint density at radius 3 is 2.53 bits per heavy atom. The minimum absolute atomic E-state index is 0.350. The van der Waals surface area contributed by atoms with Crippen molar-refractivity contribution in [2.75, 3.05) is 11.5 Å². The molecule has 0 fully saturated rings. The van der Waals surface area contributed by atoms with Crippen molar-refractivity contribution in [1.82, 2.24) is 0 Å². The molecular formula is C14H24O2S. The fourth-order valence-electron chi connectivity index (χ4n) is 2.01. The Balaban J connectivity index is 2.50. The molecule has 17 heavy (non-hydrogen) atoms. The standard InChI is InChI=1S/C14H24O2S/c1-11-5-7-13(8-6-11)12(2)9-17(16)10-14(3,4)15/h5,7,12,15H,6,8-10H2,1-4H3/t12-,17?/m0/s1. The molecule has 3 heteroatoms. The molecule has 1 aliphatic rings. The smallest absolute Gasteiger partial charge is 0.0706 e. The van der Waals surface area contributed by atoms with Crippen molar-refractivity contribution in [1.29, 1.82) is 0 Å². The molecule has 1 N–H and O–H groups in total. The van der Waals surface area contributed by atoms with Crippen LogP contribution in [0.4, 0.5) is 0 Å². The summed E-state index contributed by atoms with van der Waals surface area (Å²) in [5.74, 6) is 1.37. The van der Waals surface area contributed by atoms with E-state index < -0.39 is 16.4 Å². The molecule has 0 saturated heterocycles. The second-order valence-corrected chi connectivity index (χ2v) is 7.22. The molecule has 0 heterocycles. The third kappa shape index (κ3) is 5.64. The van der Waals surface area contributed by atoms with Gasteiger partial charge in [0, 0.05) is 16.6 Å². The minimum Gasteiger partial charge on any atom is -0.390 e. The maximum Gasteiger partial charge on any atom is 0.0706 e. The van der Waals surface area contributed by atoms with E-state index in [1.165, 1.54) is 11.1 Å². The first-order valence-electron chi connectivity index (χ1n) is 6.21. The van der Waals surface area contributed by atoms with Crippen molar-refractivity contribution in [3.8, 4) is 0 Å². The Kier molecular flexibility index (Phi) is 5.14. The summed E-state index contributed by atoms with van der Waals surface area (Å²) in [7, 11) is -0.942. The maximum atomic E-state index is 11.9. The van der Waals surface area contributed by atoms with E-state index in [1.54, 1.807) is 13.8 Å². The van der Waals surface area contributed by atoms with E-state index in [2.05, 4.69) is 26.0 Å². The lowest BCUT2D eigenvalue weighted by Crippen LogP contribution is -2.29. The molecule has 98 valence electrons. The molecule has 2 nitrogen and oxygen atoms in total. The highest BCUT2D eigenvalue weighted by Crippen LogP contribution is 2.24. The molecule has 0 aliphatic heterocycles. The molecule has 0 bridgehead atoms. The Morgan fingerprint density at radius 1 is 1.41 bits per heavy atom. The molecule has 1 unspecified atom stereocenters. The van der Waals surface area contributed by atoms with Crippen molar-refractivity contribution >= 4 is 10.8 Å². The summed E-state index contributed by atoms with van der Waals surface area (Å²) in [5.41, 5.74) is 1.97. The largest absolute Gasteiger partial charge is 0.390 e. The number of allylic oxidation sites excluding steroid dienone is 4. The van der Waals surface area contributed by atoms with Crippen LogP contribution >= 0.6 is 0 Å². The van der Waals surface area contributed by atoms with Gasteiger partial charge in [-0.15, -0.1) is 0 Å². The molecule has 0 aromatic carbocycles. The SMILES string of the molecule is CC1=CC=C([C@@H](C)CS(=O)CC(C)(C)O)CC1. The lowest BCUT2D eigenvalue weighted by Gasteiger charge is -2.21. The second kappa shape index (κ2) is 5.96. The first kappa shape index (κ1) is 14.7. The fraction of sp³-hybridized carbons (Fsp3) is 0.714. The van der Waals surface area contributed by atoms with Crippen molar-refractivity contribution in [3.63, 3.8) is 0 Å². The van der Waals surface area contributed by atoms with Gasteiger partial charge in [0.15, 0.2) is 0 Å². The van der Waals surface area contributed by atoms with Gasteiger partial charge in [0.2, 0.25) is 0 Å². The lowest BCUT2D eigenvalue weighted by atomic mass is 9.92. The van der Waals surface area contributed by atoms with Gasteiger partial charge in [-0.05, 0) is 39.5 Å². The summed E-state index contributed by atoms with van der Waals surface area (Å²) >= 11 is 0. The minimum atomic E-state index is -0.942. The van der Waals surface area contributed by atoms with Crippen LogP contribution in [0, 0.1) is 5.92 Å². The van der Waals surface area contributed by atoms with Crippen molar-refractivity contribution in [3.05, 3.63) is 23.3 Å². The zero-order valence-corrected chi connectivity index (χ0v) is 12.1. The third-order valence-corrected chi connectivity index (χ3v) is 4.87. The highest BCUT2D eigenvalue weighted by atomic mass is 32.2. The summed E-state index contributed by atoms with van der Waals surface area (Å²) < 4.78 is 11.9. The Morgan fingerprint density at radius 2 is 2.06 bits per heavy atom. The first-order valence-corrected chi connectivity index (χ1v) is 7.70. The quantitative estimate of drug-likeness (QED) is 0.821.